The maximum atomic E-state index is 11.4. The number of aliphatic hydroxyl groups is 1. The van der Waals surface area contributed by atoms with Crippen molar-refractivity contribution in [2.24, 2.45) is 5.92 Å². The van der Waals surface area contributed by atoms with Crippen molar-refractivity contribution in [3.05, 3.63) is 0 Å². The number of aliphatic hydroxyl groups excluding tert-OH is 1. The lowest BCUT2D eigenvalue weighted by Crippen LogP contribution is -2.38. The number of rotatable bonds is 4. The molecule has 1 saturated heterocycles. The highest BCUT2D eigenvalue weighted by Crippen LogP contribution is 2.16. The summed E-state index contributed by atoms with van der Waals surface area (Å²) in [6, 6.07) is -0.802. The first-order chi connectivity index (χ1) is 6.56. The highest BCUT2D eigenvalue weighted by Gasteiger charge is 2.37. The van der Waals surface area contributed by atoms with Crippen LogP contribution < -0.4 is 5.32 Å². The molecule has 1 heterocycles. The van der Waals surface area contributed by atoms with E-state index in [-0.39, 0.29) is 19.1 Å². The van der Waals surface area contributed by atoms with Crippen LogP contribution in [0, 0.1) is 5.92 Å². The van der Waals surface area contributed by atoms with Gasteiger partial charge in [-0.2, -0.15) is 0 Å². The Morgan fingerprint density at radius 2 is 2.14 bits per heavy atom. The molecule has 1 unspecified atom stereocenters. The molecule has 0 bridgehead atoms. The average Bonchev–Trinajstić information content (AvgIpc) is 2.31. The van der Waals surface area contributed by atoms with Gasteiger partial charge in [-0.05, 0) is 12.3 Å². The zero-order chi connectivity index (χ0) is 10.7. The molecule has 5 nitrogen and oxygen atoms in total. The quantitative estimate of drug-likeness (QED) is 0.625. The van der Waals surface area contributed by atoms with Crippen molar-refractivity contribution in [1.29, 1.82) is 0 Å². The number of carbonyl (C=O) groups is 2. The molecule has 3 amide bonds. The Morgan fingerprint density at radius 1 is 1.50 bits per heavy atom. The zero-order valence-corrected chi connectivity index (χ0v) is 8.49. The number of imide groups is 1. The second-order valence-electron chi connectivity index (χ2n) is 3.86. The summed E-state index contributed by atoms with van der Waals surface area (Å²) >= 11 is 0. The van der Waals surface area contributed by atoms with Crippen LogP contribution in [-0.2, 0) is 4.79 Å². The molecule has 1 atom stereocenters. The van der Waals surface area contributed by atoms with Gasteiger partial charge in [-0.25, -0.2) is 4.79 Å². The molecule has 0 aromatic carbocycles. The van der Waals surface area contributed by atoms with Gasteiger partial charge >= 0.3 is 6.03 Å². The fourth-order valence-electron chi connectivity index (χ4n) is 1.59. The lowest BCUT2D eigenvalue weighted by Gasteiger charge is -2.21. The van der Waals surface area contributed by atoms with E-state index >= 15 is 0 Å². The van der Waals surface area contributed by atoms with Crippen LogP contribution in [-0.4, -0.2) is 41.1 Å². The summed E-state index contributed by atoms with van der Waals surface area (Å²) in [5.74, 6) is 0.0926. The van der Waals surface area contributed by atoms with Crippen LogP contribution in [0.15, 0.2) is 0 Å². The van der Waals surface area contributed by atoms with Crippen molar-refractivity contribution < 1.29 is 14.7 Å². The molecule has 0 saturated carbocycles. The summed E-state index contributed by atoms with van der Waals surface area (Å²) in [5.41, 5.74) is 0. The van der Waals surface area contributed by atoms with E-state index in [0.29, 0.717) is 12.3 Å². The molecular formula is C9H16N2O3. The molecule has 0 aliphatic carbocycles. The van der Waals surface area contributed by atoms with Crippen LogP contribution in [0.5, 0.6) is 0 Å². The van der Waals surface area contributed by atoms with Crippen molar-refractivity contribution in [1.82, 2.24) is 10.2 Å². The van der Waals surface area contributed by atoms with Crippen molar-refractivity contribution in [2.75, 3.05) is 13.2 Å². The molecule has 80 valence electrons. The molecule has 1 aliphatic heterocycles. The molecule has 0 spiro atoms. The number of urea groups is 1. The van der Waals surface area contributed by atoms with E-state index in [4.69, 9.17) is 5.11 Å². The average molecular weight is 200 g/mol. The van der Waals surface area contributed by atoms with Gasteiger partial charge in [0.2, 0.25) is 0 Å². The van der Waals surface area contributed by atoms with E-state index in [9.17, 15) is 9.59 Å². The van der Waals surface area contributed by atoms with Crippen molar-refractivity contribution in [3.63, 3.8) is 0 Å². The number of hydrogen-bond donors (Lipinski definition) is 2. The van der Waals surface area contributed by atoms with Crippen molar-refractivity contribution >= 4 is 11.9 Å². The molecule has 2 N–H and O–H groups in total. The molecule has 5 heteroatoms. The van der Waals surface area contributed by atoms with Crippen LogP contribution in [0.2, 0.25) is 0 Å². The summed E-state index contributed by atoms with van der Waals surface area (Å²) in [4.78, 5) is 24.0. The number of carbonyl (C=O) groups excluding carboxylic acids is 2. The standard InChI is InChI=1S/C9H16N2O3/c1-6(2)5-7-8(13)10-9(14)11(7)3-4-12/h6-7,12H,3-5H2,1-2H3,(H,10,13,14). The topological polar surface area (TPSA) is 69.6 Å². The Bertz CT molecular complexity index is 240. The van der Waals surface area contributed by atoms with Crippen LogP contribution in [0.25, 0.3) is 0 Å². The van der Waals surface area contributed by atoms with Crippen LogP contribution in [0.3, 0.4) is 0 Å². The fraction of sp³-hybridized carbons (Fsp3) is 0.778. The summed E-state index contributed by atoms with van der Waals surface area (Å²) in [6.45, 7) is 4.09. The van der Waals surface area contributed by atoms with Crippen molar-refractivity contribution in [3.8, 4) is 0 Å². The van der Waals surface area contributed by atoms with Gasteiger partial charge in [0, 0.05) is 6.54 Å². The number of hydrogen-bond acceptors (Lipinski definition) is 3. The Balaban J connectivity index is 2.67. The van der Waals surface area contributed by atoms with Crippen LogP contribution >= 0.6 is 0 Å². The maximum Gasteiger partial charge on any atom is 0.324 e. The second-order valence-corrected chi connectivity index (χ2v) is 3.86. The molecule has 1 fully saturated rings. The highest BCUT2D eigenvalue weighted by molar-refractivity contribution is 6.04. The lowest BCUT2D eigenvalue weighted by atomic mass is 10.0. The number of nitrogens with one attached hydrogen (secondary N) is 1. The summed E-state index contributed by atoms with van der Waals surface area (Å²) in [6.07, 6.45) is 0.636. The third kappa shape index (κ3) is 2.23. The van der Waals surface area contributed by atoms with E-state index in [1.165, 1.54) is 4.90 Å². The predicted molar refractivity (Wildman–Crippen MR) is 50.6 cm³/mol. The van der Waals surface area contributed by atoms with E-state index in [2.05, 4.69) is 5.32 Å². The zero-order valence-electron chi connectivity index (χ0n) is 8.49. The highest BCUT2D eigenvalue weighted by atomic mass is 16.3. The molecular weight excluding hydrogens is 184 g/mol. The van der Waals surface area contributed by atoms with E-state index in [0.717, 1.165) is 0 Å². The van der Waals surface area contributed by atoms with Gasteiger partial charge in [-0.3, -0.25) is 10.1 Å². The number of β-amino-alcohol motifs (C(OH)–C–C–N with tert-alkyl or cyclic N) is 1. The Hall–Kier alpha value is -1.10. The minimum absolute atomic E-state index is 0.116. The third-order valence-electron chi connectivity index (χ3n) is 2.21. The van der Waals surface area contributed by atoms with E-state index < -0.39 is 12.1 Å². The molecule has 1 aliphatic rings. The minimum Gasteiger partial charge on any atom is -0.395 e. The Labute approximate surface area is 83.1 Å². The van der Waals surface area contributed by atoms with Gasteiger partial charge in [-0.1, -0.05) is 13.8 Å². The van der Waals surface area contributed by atoms with E-state index in [1.54, 1.807) is 0 Å². The normalized spacial score (nSPS) is 22.0. The smallest absolute Gasteiger partial charge is 0.324 e. The predicted octanol–water partition coefficient (Wildman–Crippen LogP) is -0.0548. The summed E-state index contributed by atoms with van der Waals surface area (Å²) in [7, 11) is 0. The lowest BCUT2D eigenvalue weighted by molar-refractivity contribution is -0.121. The largest absolute Gasteiger partial charge is 0.395 e. The third-order valence-corrected chi connectivity index (χ3v) is 2.21. The molecule has 14 heavy (non-hydrogen) atoms. The van der Waals surface area contributed by atoms with Gasteiger partial charge in [0.15, 0.2) is 0 Å². The number of nitrogens with zero attached hydrogens (tertiary/aromatic N) is 1. The van der Waals surface area contributed by atoms with Crippen LogP contribution in [0.1, 0.15) is 20.3 Å². The first-order valence-electron chi connectivity index (χ1n) is 4.78. The first kappa shape index (κ1) is 11.0. The fourth-order valence-corrected chi connectivity index (χ4v) is 1.59. The first-order valence-corrected chi connectivity index (χ1v) is 4.78. The van der Waals surface area contributed by atoms with Gasteiger partial charge < -0.3 is 10.0 Å². The molecule has 0 aromatic heterocycles. The van der Waals surface area contributed by atoms with E-state index in [1.807, 2.05) is 13.8 Å². The van der Waals surface area contributed by atoms with Crippen molar-refractivity contribution in [2.45, 2.75) is 26.3 Å². The molecule has 1 rings (SSSR count). The van der Waals surface area contributed by atoms with Gasteiger partial charge in [-0.15, -0.1) is 0 Å². The second kappa shape index (κ2) is 4.41. The maximum absolute atomic E-state index is 11.4. The van der Waals surface area contributed by atoms with Gasteiger partial charge in [0.25, 0.3) is 5.91 Å². The Kier molecular flexibility index (Phi) is 3.46. The monoisotopic (exact) mass is 200 g/mol. The summed E-state index contributed by atoms with van der Waals surface area (Å²) in [5, 5.41) is 11.0. The molecule has 0 aromatic rings. The van der Waals surface area contributed by atoms with Crippen LogP contribution in [0.4, 0.5) is 4.79 Å². The molecule has 0 radical (unpaired) electrons. The Morgan fingerprint density at radius 3 is 2.64 bits per heavy atom. The van der Waals surface area contributed by atoms with Gasteiger partial charge in [0.05, 0.1) is 6.61 Å². The summed E-state index contributed by atoms with van der Waals surface area (Å²) < 4.78 is 0. The number of amides is 3. The SMILES string of the molecule is CC(C)CC1C(=O)NC(=O)N1CCO. The minimum atomic E-state index is -0.408. The van der Waals surface area contributed by atoms with Gasteiger partial charge in [0.1, 0.15) is 6.04 Å².